The second-order valence-electron chi connectivity index (χ2n) is 5.72. The van der Waals surface area contributed by atoms with Crippen LogP contribution in [0.15, 0.2) is 54.6 Å². The number of phenols is 1. The lowest BCUT2D eigenvalue weighted by Gasteiger charge is -2.06. The molecular weight excluding hydrogens is 300 g/mol. The Bertz CT molecular complexity index is 654. The Morgan fingerprint density at radius 1 is 1.00 bits per heavy atom. The second kappa shape index (κ2) is 9.56. The Morgan fingerprint density at radius 3 is 2.38 bits per heavy atom. The average molecular weight is 324 g/mol. The molecule has 0 aliphatic heterocycles. The number of carbonyl (C=O) groups excluding carboxylic acids is 1. The summed E-state index contributed by atoms with van der Waals surface area (Å²) in [4.78, 5) is 12.0. The highest BCUT2D eigenvalue weighted by Gasteiger charge is 2.01. The molecule has 24 heavy (non-hydrogen) atoms. The number of allylic oxidation sites excluding steroid dienone is 1. The third kappa shape index (κ3) is 5.92. The Morgan fingerprint density at radius 2 is 1.71 bits per heavy atom. The van der Waals surface area contributed by atoms with E-state index in [4.69, 9.17) is 4.74 Å². The van der Waals surface area contributed by atoms with E-state index in [1.807, 2.05) is 24.3 Å². The van der Waals surface area contributed by atoms with E-state index in [0.717, 1.165) is 24.3 Å². The zero-order valence-corrected chi connectivity index (χ0v) is 14.1. The van der Waals surface area contributed by atoms with E-state index in [9.17, 15) is 9.90 Å². The molecule has 126 valence electrons. The van der Waals surface area contributed by atoms with E-state index in [0.29, 0.717) is 5.56 Å². The van der Waals surface area contributed by atoms with Gasteiger partial charge in [0.15, 0.2) is 5.78 Å². The van der Waals surface area contributed by atoms with Crippen molar-refractivity contribution < 1.29 is 14.6 Å². The minimum Gasteiger partial charge on any atom is -0.508 e. The van der Waals surface area contributed by atoms with E-state index >= 15 is 0 Å². The predicted octanol–water partition coefficient (Wildman–Crippen LogP) is 5.25. The third-order valence-electron chi connectivity index (χ3n) is 3.73. The molecule has 3 heteroatoms. The largest absolute Gasteiger partial charge is 0.508 e. The lowest BCUT2D eigenvalue weighted by Crippen LogP contribution is -1.97. The van der Waals surface area contributed by atoms with Crippen LogP contribution in [0, 0.1) is 0 Å². The summed E-state index contributed by atoms with van der Waals surface area (Å²) in [6.45, 7) is 2.94. The third-order valence-corrected chi connectivity index (χ3v) is 3.73. The molecule has 0 heterocycles. The molecule has 0 fully saturated rings. The van der Waals surface area contributed by atoms with E-state index in [1.54, 1.807) is 18.2 Å². The molecule has 0 amide bonds. The van der Waals surface area contributed by atoms with E-state index < -0.39 is 0 Å². The Hall–Kier alpha value is -2.55. The number of ether oxygens (including phenoxy) is 1. The molecule has 0 aromatic heterocycles. The summed E-state index contributed by atoms with van der Waals surface area (Å²) in [5.41, 5.74) is 1.50. The van der Waals surface area contributed by atoms with Crippen LogP contribution in [0.3, 0.4) is 0 Å². The van der Waals surface area contributed by atoms with Gasteiger partial charge in [0.1, 0.15) is 11.5 Å². The minimum atomic E-state index is -0.0914. The molecule has 1 N–H and O–H groups in total. The van der Waals surface area contributed by atoms with Crippen LogP contribution < -0.4 is 4.74 Å². The maximum atomic E-state index is 12.0. The minimum absolute atomic E-state index is 0.0914. The predicted molar refractivity (Wildman–Crippen MR) is 97.6 cm³/mol. The molecule has 0 saturated heterocycles. The highest BCUT2D eigenvalue weighted by Crippen LogP contribution is 2.15. The van der Waals surface area contributed by atoms with Crippen LogP contribution in [0.4, 0.5) is 0 Å². The lowest BCUT2D eigenvalue weighted by atomic mass is 10.1. The zero-order chi connectivity index (χ0) is 17.2. The first kappa shape index (κ1) is 17.8. The molecule has 0 saturated carbocycles. The molecule has 2 aromatic carbocycles. The fourth-order valence-corrected chi connectivity index (χ4v) is 2.29. The summed E-state index contributed by atoms with van der Waals surface area (Å²) in [5.74, 6) is 0.917. The van der Waals surface area contributed by atoms with Crippen molar-refractivity contribution in [2.75, 3.05) is 6.61 Å². The molecule has 0 unspecified atom stereocenters. The van der Waals surface area contributed by atoms with Crippen LogP contribution in [0.1, 0.15) is 48.5 Å². The number of carbonyl (C=O) groups is 1. The van der Waals surface area contributed by atoms with Gasteiger partial charge in [-0.05, 0) is 54.5 Å². The van der Waals surface area contributed by atoms with Crippen LogP contribution in [0.5, 0.6) is 11.5 Å². The van der Waals surface area contributed by atoms with Crippen LogP contribution in [0.2, 0.25) is 0 Å². The van der Waals surface area contributed by atoms with Gasteiger partial charge in [-0.25, -0.2) is 0 Å². The van der Waals surface area contributed by atoms with Gasteiger partial charge in [0.05, 0.1) is 6.61 Å². The van der Waals surface area contributed by atoms with Crippen LogP contribution in [-0.4, -0.2) is 17.5 Å². The highest BCUT2D eigenvalue weighted by molar-refractivity contribution is 6.06. The summed E-state index contributed by atoms with van der Waals surface area (Å²) in [6.07, 6.45) is 8.08. The summed E-state index contributed by atoms with van der Waals surface area (Å²) in [6, 6.07) is 13.9. The number of rotatable bonds is 9. The smallest absolute Gasteiger partial charge is 0.185 e. The van der Waals surface area contributed by atoms with Crippen LogP contribution in [-0.2, 0) is 0 Å². The standard InChI is InChI=1S/C21H24O3/c1-2-3-4-5-16-24-20-13-6-17(7-14-20)8-15-21(23)18-9-11-19(22)12-10-18/h6-15,22H,2-5,16H2,1H3/b15-8+. The molecule has 0 spiro atoms. The molecule has 0 atom stereocenters. The van der Waals surface area contributed by atoms with Gasteiger partial charge in [-0.15, -0.1) is 0 Å². The molecule has 0 aliphatic carbocycles. The summed E-state index contributed by atoms with van der Waals surface area (Å²) >= 11 is 0. The van der Waals surface area contributed by atoms with Crippen molar-refractivity contribution in [3.63, 3.8) is 0 Å². The summed E-state index contributed by atoms with van der Waals surface area (Å²) < 4.78 is 5.70. The number of unbranched alkanes of at least 4 members (excludes halogenated alkanes) is 3. The van der Waals surface area contributed by atoms with E-state index in [1.165, 1.54) is 37.5 Å². The molecule has 2 aromatic rings. The first-order chi connectivity index (χ1) is 11.7. The molecule has 0 radical (unpaired) electrons. The maximum Gasteiger partial charge on any atom is 0.185 e. The molecule has 3 nitrogen and oxygen atoms in total. The second-order valence-corrected chi connectivity index (χ2v) is 5.72. The van der Waals surface area contributed by atoms with Crippen molar-refractivity contribution in [1.29, 1.82) is 0 Å². The fourth-order valence-electron chi connectivity index (χ4n) is 2.29. The Labute approximate surface area is 143 Å². The van der Waals surface area contributed by atoms with Gasteiger partial charge in [0.2, 0.25) is 0 Å². The number of ketones is 1. The number of hydrogen-bond acceptors (Lipinski definition) is 3. The fraction of sp³-hybridized carbons (Fsp3) is 0.286. The Balaban J connectivity index is 1.84. The van der Waals surface area contributed by atoms with Crippen molar-refractivity contribution in [3.05, 3.63) is 65.7 Å². The SMILES string of the molecule is CCCCCCOc1ccc(/C=C/C(=O)c2ccc(O)cc2)cc1. The van der Waals surface area contributed by atoms with E-state index in [-0.39, 0.29) is 11.5 Å². The molecule has 0 bridgehead atoms. The molecule has 2 rings (SSSR count). The van der Waals surface area contributed by atoms with Crippen LogP contribution >= 0.6 is 0 Å². The lowest BCUT2D eigenvalue weighted by molar-refractivity contribution is 0.104. The van der Waals surface area contributed by atoms with Crippen molar-refractivity contribution in [1.82, 2.24) is 0 Å². The molecule has 0 aliphatic rings. The normalized spacial score (nSPS) is 10.9. The zero-order valence-electron chi connectivity index (χ0n) is 14.1. The topological polar surface area (TPSA) is 46.5 Å². The highest BCUT2D eigenvalue weighted by atomic mass is 16.5. The van der Waals surface area contributed by atoms with Crippen molar-refractivity contribution in [2.24, 2.45) is 0 Å². The maximum absolute atomic E-state index is 12.0. The number of phenolic OH excluding ortho intramolecular Hbond substituents is 1. The van der Waals surface area contributed by atoms with Gasteiger partial charge in [0.25, 0.3) is 0 Å². The molecular formula is C21H24O3. The number of aromatic hydroxyl groups is 1. The summed E-state index contributed by atoms with van der Waals surface area (Å²) in [7, 11) is 0. The van der Waals surface area contributed by atoms with Crippen LogP contribution in [0.25, 0.3) is 6.08 Å². The first-order valence-corrected chi connectivity index (χ1v) is 8.43. The quantitative estimate of drug-likeness (QED) is 0.389. The average Bonchev–Trinajstić information content (AvgIpc) is 2.61. The summed E-state index contributed by atoms with van der Waals surface area (Å²) in [5, 5.41) is 9.24. The van der Waals surface area contributed by atoms with Crippen molar-refractivity contribution in [3.8, 4) is 11.5 Å². The van der Waals surface area contributed by atoms with Gasteiger partial charge in [0, 0.05) is 5.56 Å². The van der Waals surface area contributed by atoms with Gasteiger partial charge in [-0.3, -0.25) is 4.79 Å². The number of hydrogen-bond donors (Lipinski definition) is 1. The van der Waals surface area contributed by atoms with Crippen molar-refractivity contribution in [2.45, 2.75) is 32.6 Å². The van der Waals surface area contributed by atoms with Gasteiger partial charge >= 0.3 is 0 Å². The Kier molecular flexibility index (Phi) is 7.09. The number of benzene rings is 2. The van der Waals surface area contributed by atoms with Crippen molar-refractivity contribution >= 4 is 11.9 Å². The first-order valence-electron chi connectivity index (χ1n) is 8.43. The van der Waals surface area contributed by atoms with Gasteiger partial charge in [-0.2, -0.15) is 0 Å². The van der Waals surface area contributed by atoms with Gasteiger partial charge < -0.3 is 9.84 Å². The van der Waals surface area contributed by atoms with Gasteiger partial charge in [-0.1, -0.05) is 44.4 Å². The van der Waals surface area contributed by atoms with E-state index in [2.05, 4.69) is 6.92 Å². The monoisotopic (exact) mass is 324 g/mol.